The van der Waals surface area contributed by atoms with Gasteiger partial charge in [0.05, 0.1) is 0 Å². The number of hydrogen-bond acceptors (Lipinski definition) is 4. The van der Waals surface area contributed by atoms with Gasteiger partial charge in [-0.3, -0.25) is 0 Å². The number of fused-ring (bicyclic) bond motifs is 1. The van der Waals surface area contributed by atoms with Crippen LogP contribution in [0.15, 0.2) is 0 Å². The third-order valence-corrected chi connectivity index (χ3v) is 4.86. The molecule has 3 nitrogen and oxygen atoms in total. The summed E-state index contributed by atoms with van der Waals surface area (Å²) in [7, 11) is 0. The first kappa shape index (κ1) is 11.5. The maximum absolute atomic E-state index is 4.69. The fourth-order valence-corrected chi connectivity index (χ4v) is 3.93. The summed E-state index contributed by atoms with van der Waals surface area (Å²) in [6.45, 7) is 6.89. The highest BCUT2D eigenvalue weighted by Gasteiger charge is 2.37. The van der Waals surface area contributed by atoms with E-state index in [1.807, 2.05) is 0 Å². The van der Waals surface area contributed by atoms with Crippen LogP contribution in [0.3, 0.4) is 0 Å². The van der Waals surface area contributed by atoms with Crippen LogP contribution >= 0.6 is 11.5 Å². The molecular formula is C13H21N3S. The first-order valence-corrected chi connectivity index (χ1v) is 7.57. The zero-order valence-electron chi connectivity index (χ0n) is 10.7. The maximum atomic E-state index is 4.69. The van der Waals surface area contributed by atoms with Gasteiger partial charge in [-0.1, -0.05) is 20.3 Å². The van der Waals surface area contributed by atoms with Crippen molar-refractivity contribution in [1.82, 2.24) is 9.36 Å². The summed E-state index contributed by atoms with van der Waals surface area (Å²) in [5, 5.41) is 1.16. The normalized spacial score (nSPS) is 28.1. The molecule has 0 radical (unpaired) electrons. The second-order valence-corrected chi connectivity index (χ2v) is 6.68. The highest BCUT2D eigenvalue weighted by molar-refractivity contribution is 7.09. The van der Waals surface area contributed by atoms with Crippen molar-refractivity contribution in [3.63, 3.8) is 0 Å². The van der Waals surface area contributed by atoms with Gasteiger partial charge in [0.25, 0.3) is 0 Å². The van der Waals surface area contributed by atoms with E-state index in [4.69, 9.17) is 4.98 Å². The fourth-order valence-electron chi connectivity index (χ4n) is 3.21. The van der Waals surface area contributed by atoms with Crippen molar-refractivity contribution in [3.05, 3.63) is 5.82 Å². The van der Waals surface area contributed by atoms with Crippen LogP contribution in [0.4, 0.5) is 5.13 Å². The van der Waals surface area contributed by atoms with E-state index in [9.17, 15) is 0 Å². The molecule has 1 saturated carbocycles. The summed E-state index contributed by atoms with van der Waals surface area (Å²) in [6.07, 6.45) is 5.31. The van der Waals surface area contributed by atoms with Gasteiger partial charge in [0, 0.05) is 31.0 Å². The predicted molar refractivity (Wildman–Crippen MR) is 71.5 cm³/mol. The maximum Gasteiger partial charge on any atom is 0.205 e. The van der Waals surface area contributed by atoms with Crippen molar-refractivity contribution in [2.24, 2.45) is 17.8 Å². The summed E-state index contributed by atoms with van der Waals surface area (Å²) in [4.78, 5) is 7.16. The molecule has 2 aliphatic rings. The largest absolute Gasteiger partial charge is 0.346 e. The minimum atomic E-state index is 0.649. The standard InChI is InChI=1S/C13H21N3S/c1-9(2)6-12-14-13(17-15-12)16-7-10-4-3-5-11(10)8-16/h9-11H,3-8H2,1-2H3. The average Bonchev–Trinajstić information content (AvgIpc) is 2.87. The summed E-state index contributed by atoms with van der Waals surface area (Å²) in [5.41, 5.74) is 0. The molecule has 1 aliphatic heterocycles. The zero-order chi connectivity index (χ0) is 11.8. The third-order valence-electron chi connectivity index (χ3n) is 4.04. The molecule has 2 atom stereocenters. The van der Waals surface area contributed by atoms with Crippen molar-refractivity contribution in [1.29, 1.82) is 0 Å². The van der Waals surface area contributed by atoms with E-state index >= 15 is 0 Å². The Bertz CT molecular complexity index is 376. The lowest BCUT2D eigenvalue weighted by Crippen LogP contribution is -2.20. The Morgan fingerprint density at radius 3 is 2.65 bits per heavy atom. The van der Waals surface area contributed by atoms with Crippen molar-refractivity contribution < 1.29 is 0 Å². The lowest BCUT2D eigenvalue weighted by atomic mass is 10.0. The zero-order valence-corrected chi connectivity index (χ0v) is 11.5. The van der Waals surface area contributed by atoms with Crippen molar-refractivity contribution >= 4 is 16.7 Å². The fraction of sp³-hybridized carbons (Fsp3) is 0.846. The lowest BCUT2D eigenvalue weighted by Gasteiger charge is -2.14. The molecule has 0 aromatic carbocycles. The van der Waals surface area contributed by atoms with Gasteiger partial charge < -0.3 is 4.90 Å². The van der Waals surface area contributed by atoms with Gasteiger partial charge in [0.2, 0.25) is 5.13 Å². The highest BCUT2D eigenvalue weighted by atomic mass is 32.1. The molecule has 1 saturated heterocycles. The SMILES string of the molecule is CC(C)Cc1nsc(N2CC3CCCC3C2)n1. The van der Waals surface area contributed by atoms with Gasteiger partial charge in [-0.15, -0.1) is 0 Å². The van der Waals surface area contributed by atoms with E-state index in [2.05, 4.69) is 23.1 Å². The number of rotatable bonds is 3. The molecule has 94 valence electrons. The Morgan fingerprint density at radius 1 is 1.29 bits per heavy atom. The lowest BCUT2D eigenvalue weighted by molar-refractivity contribution is 0.494. The van der Waals surface area contributed by atoms with Crippen LogP contribution in [0, 0.1) is 17.8 Å². The number of hydrogen-bond donors (Lipinski definition) is 0. The van der Waals surface area contributed by atoms with Gasteiger partial charge >= 0.3 is 0 Å². The van der Waals surface area contributed by atoms with E-state index in [1.54, 1.807) is 11.5 Å². The Hall–Kier alpha value is -0.640. The first-order chi connectivity index (χ1) is 8.22. The summed E-state index contributed by atoms with van der Waals surface area (Å²) < 4.78 is 4.48. The third kappa shape index (κ3) is 2.32. The molecule has 0 spiro atoms. The molecule has 3 rings (SSSR count). The van der Waals surface area contributed by atoms with E-state index < -0.39 is 0 Å². The molecule has 2 heterocycles. The van der Waals surface area contributed by atoms with Crippen LogP contribution in [-0.4, -0.2) is 22.4 Å². The smallest absolute Gasteiger partial charge is 0.205 e. The Morgan fingerprint density at radius 2 is 2.00 bits per heavy atom. The molecule has 1 aromatic heterocycles. The minimum Gasteiger partial charge on any atom is -0.346 e. The molecule has 1 aromatic rings. The summed E-state index contributed by atoms with van der Waals surface area (Å²) in [6, 6.07) is 0. The molecule has 17 heavy (non-hydrogen) atoms. The minimum absolute atomic E-state index is 0.649. The van der Waals surface area contributed by atoms with Crippen molar-refractivity contribution in [3.8, 4) is 0 Å². The van der Waals surface area contributed by atoms with Gasteiger partial charge in [-0.25, -0.2) is 4.98 Å². The van der Waals surface area contributed by atoms with Crippen LogP contribution < -0.4 is 4.90 Å². The van der Waals surface area contributed by atoms with Crippen LogP contribution in [0.25, 0.3) is 0 Å². The summed E-state index contributed by atoms with van der Waals surface area (Å²) in [5.74, 6) is 3.56. The Balaban J connectivity index is 1.67. The van der Waals surface area contributed by atoms with Crippen molar-refractivity contribution in [2.75, 3.05) is 18.0 Å². The van der Waals surface area contributed by atoms with E-state index in [0.29, 0.717) is 5.92 Å². The Labute approximate surface area is 107 Å². The molecular weight excluding hydrogens is 230 g/mol. The molecule has 4 heteroatoms. The van der Waals surface area contributed by atoms with Crippen LogP contribution in [0.5, 0.6) is 0 Å². The van der Waals surface area contributed by atoms with Crippen LogP contribution in [-0.2, 0) is 6.42 Å². The second kappa shape index (κ2) is 4.56. The molecule has 2 fully saturated rings. The molecule has 2 unspecified atom stereocenters. The highest BCUT2D eigenvalue weighted by Crippen LogP contribution is 2.39. The molecule has 0 N–H and O–H groups in total. The van der Waals surface area contributed by atoms with Crippen LogP contribution in [0.2, 0.25) is 0 Å². The topological polar surface area (TPSA) is 29.0 Å². The van der Waals surface area contributed by atoms with E-state index in [0.717, 1.165) is 29.2 Å². The first-order valence-electron chi connectivity index (χ1n) is 6.80. The predicted octanol–water partition coefficient (Wildman–Crippen LogP) is 2.97. The Kier molecular flexibility index (Phi) is 3.07. The molecule has 0 amide bonds. The van der Waals surface area contributed by atoms with E-state index in [1.165, 1.54) is 32.4 Å². The second-order valence-electron chi connectivity index (χ2n) is 5.95. The monoisotopic (exact) mass is 251 g/mol. The number of aromatic nitrogens is 2. The van der Waals surface area contributed by atoms with Gasteiger partial charge in [0.15, 0.2) is 0 Å². The van der Waals surface area contributed by atoms with Gasteiger partial charge in [-0.2, -0.15) is 4.37 Å². The van der Waals surface area contributed by atoms with Crippen molar-refractivity contribution in [2.45, 2.75) is 39.5 Å². The molecule has 1 aliphatic carbocycles. The van der Waals surface area contributed by atoms with Gasteiger partial charge in [0.1, 0.15) is 5.82 Å². The summed E-state index contributed by atoms with van der Waals surface area (Å²) >= 11 is 1.59. The molecule has 0 bridgehead atoms. The number of anilines is 1. The average molecular weight is 251 g/mol. The van der Waals surface area contributed by atoms with E-state index in [-0.39, 0.29) is 0 Å². The number of nitrogens with zero attached hydrogens (tertiary/aromatic N) is 3. The quantitative estimate of drug-likeness (QED) is 0.827. The van der Waals surface area contributed by atoms with Gasteiger partial charge in [-0.05, 0) is 30.6 Å². The van der Waals surface area contributed by atoms with Crippen LogP contribution in [0.1, 0.15) is 38.9 Å².